The van der Waals surface area contributed by atoms with Crippen LogP contribution in [-0.4, -0.2) is 44.2 Å². The minimum atomic E-state index is 0.0583. The minimum Gasteiger partial charge on any atom is -0.349 e. The van der Waals surface area contributed by atoms with Crippen LogP contribution in [0, 0.1) is 6.92 Å². The zero-order chi connectivity index (χ0) is 16.1. The molecular weight excluding hydrogens is 274 g/mol. The van der Waals surface area contributed by atoms with E-state index in [0.29, 0.717) is 0 Å². The number of carbonyl (C=O) groups is 1. The second kappa shape index (κ2) is 7.75. The molecule has 22 heavy (non-hydrogen) atoms. The van der Waals surface area contributed by atoms with Gasteiger partial charge in [-0.1, -0.05) is 29.8 Å². The van der Waals surface area contributed by atoms with Gasteiger partial charge in [-0.15, -0.1) is 0 Å². The molecule has 1 aliphatic rings. The van der Waals surface area contributed by atoms with Crippen LogP contribution in [0.5, 0.6) is 0 Å². The third-order valence-electron chi connectivity index (χ3n) is 4.57. The van der Waals surface area contributed by atoms with E-state index < -0.39 is 0 Å². The van der Waals surface area contributed by atoms with Crippen LogP contribution < -0.4 is 15.1 Å². The molecule has 1 aromatic carbocycles. The Balaban J connectivity index is 1.81. The predicted octanol–water partition coefficient (Wildman–Crippen LogP) is -0.808. The number of benzene rings is 1. The lowest BCUT2D eigenvalue weighted by Gasteiger charge is -2.33. The van der Waals surface area contributed by atoms with Crippen LogP contribution in [0.1, 0.15) is 31.9 Å². The van der Waals surface area contributed by atoms with Crippen molar-refractivity contribution in [2.45, 2.75) is 46.3 Å². The largest absolute Gasteiger partial charge is 0.349 e. The number of carbonyl (C=O) groups excluding carboxylic acids is 1. The monoisotopic (exact) mass is 305 g/mol. The van der Waals surface area contributed by atoms with Gasteiger partial charge in [-0.3, -0.25) is 4.79 Å². The number of quaternary nitrogens is 2. The molecule has 1 fully saturated rings. The summed E-state index contributed by atoms with van der Waals surface area (Å²) in [5.41, 5.74) is 2.75. The van der Waals surface area contributed by atoms with E-state index in [9.17, 15) is 4.79 Å². The Morgan fingerprint density at radius 2 is 1.86 bits per heavy atom. The highest BCUT2D eigenvalue weighted by molar-refractivity contribution is 5.80. The normalized spacial score (nSPS) is 23.3. The van der Waals surface area contributed by atoms with E-state index in [2.05, 4.69) is 43.4 Å². The van der Waals surface area contributed by atoms with Crippen molar-refractivity contribution in [2.24, 2.45) is 0 Å². The molecule has 0 saturated carbocycles. The van der Waals surface area contributed by atoms with E-state index in [4.69, 9.17) is 0 Å². The van der Waals surface area contributed by atoms with Gasteiger partial charge in [0.15, 0.2) is 6.04 Å². The van der Waals surface area contributed by atoms with Crippen molar-refractivity contribution in [3.63, 3.8) is 0 Å². The number of nitrogens with one attached hydrogen (secondary N) is 3. The van der Waals surface area contributed by atoms with Gasteiger partial charge in [-0.05, 0) is 27.7 Å². The lowest BCUT2D eigenvalue weighted by Crippen LogP contribution is -3.29. The minimum absolute atomic E-state index is 0.0583. The molecule has 0 spiro atoms. The highest BCUT2D eigenvalue weighted by atomic mass is 16.2. The standard InChI is InChI=1S/C18H29N3O/c1-14(2)19-18(22)16(4)21-10-8-20(9-11-21)13-17-7-5-6-15(3)12-17/h5-7,12,14,16H,8-11,13H2,1-4H3,(H,19,22)/p+2/t16-/m0/s1. The van der Waals surface area contributed by atoms with E-state index in [1.165, 1.54) is 16.0 Å². The average molecular weight is 305 g/mol. The number of piperazine rings is 1. The molecule has 0 unspecified atom stereocenters. The van der Waals surface area contributed by atoms with E-state index in [-0.39, 0.29) is 18.0 Å². The fourth-order valence-electron chi connectivity index (χ4n) is 3.24. The molecule has 1 atom stereocenters. The highest BCUT2D eigenvalue weighted by Gasteiger charge is 2.31. The summed E-state index contributed by atoms with van der Waals surface area (Å²) in [4.78, 5) is 15.2. The molecule has 1 aromatic rings. The van der Waals surface area contributed by atoms with E-state index in [0.717, 1.165) is 32.7 Å². The maximum Gasteiger partial charge on any atom is 0.278 e. The SMILES string of the molecule is Cc1cccc(C[NH+]2CC[NH+]([C@@H](C)C(=O)NC(C)C)CC2)c1. The van der Waals surface area contributed by atoms with E-state index in [1.807, 2.05) is 13.8 Å². The summed E-state index contributed by atoms with van der Waals surface area (Å²) in [6.07, 6.45) is 0. The van der Waals surface area contributed by atoms with Crippen molar-refractivity contribution in [1.82, 2.24) is 5.32 Å². The summed E-state index contributed by atoms with van der Waals surface area (Å²) in [6.45, 7) is 13.8. The van der Waals surface area contributed by atoms with Gasteiger partial charge in [0.1, 0.15) is 32.7 Å². The maximum absolute atomic E-state index is 12.1. The van der Waals surface area contributed by atoms with Crippen molar-refractivity contribution < 1.29 is 14.6 Å². The van der Waals surface area contributed by atoms with Crippen molar-refractivity contribution in [1.29, 1.82) is 0 Å². The zero-order valence-corrected chi connectivity index (χ0v) is 14.4. The smallest absolute Gasteiger partial charge is 0.278 e. The molecule has 1 heterocycles. The first-order valence-electron chi connectivity index (χ1n) is 8.49. The van der Waals surface area contributed by atoms with Gasteiger partial charge < -0.3 is 15.1 Å². The first kappa shape index (κ1) is 17.0. The quantitative estimate of drug-likeness (QED) is 0.654. The third-order valence-corrected chi connectivity index (χ3v) is 4.57. The first-order chi connectivity index (χ1) is 10.5. The molecular formula is C18H31N3O+2. The fraction of sp³-hybridized carbons (Fsp3) is 0.611. The summed E-state index contributed by atoms with van der Waals surface area (Å²) < 4.78 is 0. The van der Waals surface area contributed by atoms with Crippen molar-refractivity contribution in [3.05, 3.63) is 35.4 Å². The maximum atomic E-state index is 12.1. The van der Waals surface area contributed by atoms with Gasteiger partial charge in [0, 0.05) is 11.6 Å². The molecule has 1 saturated heterocycles. The molecule has 4 heteroatoms. The van der Waals surface area contributed by atoms with Gasteiger partial charge in [0.05, 0.1) is 0 Å². The first-order valence-corrected chi connectivity index (χ1v) is 8.49. The highest BCUT2D eigenvalue weighted by Crippen LogP contribution is 2.01. The van der Waals surface area contributed by atoms with Crippen LogP contribution >= 0.6 is 0 Å². The number of hydrogen-bond acceptors (Lipinski definition) is 1. The Hall–Kier alpha value is -1.39. The molecule has 4 nitrogen and oxygen atoms in total. The Kier molecular flexibility index (Phi) is 5.98. The summed E-state index contributed by atoms with van der Waals surface area (Å²) >= 11 is 0. The lowest BCUT2D eigenvalue weighted by atomic mass is 10.1. The third kappa shape index (κ3) is 4.82. The topological polar surface area (TPSA) is 38.0 Å². The Labute approximate surface area is 134 Å². The summed E-state index contributed by atoms with van der Waals surface area (Å²) in [6, 6.07) is 9.08. The summed E-state index contributed by atoms with van der Waals surface area (Å²) in [5.74, 6) is 0.187. The summed E-state index contributed by atoms with van der Waals surface area (Å²) in [7, 11) is 0. The van der Waals surface area contributed by atoms with Crippen molar-refractivity contribution in [3.8, 4) is 0 Å². The molecule has 0 bridgehead atoms. The van der Waals surface area contributed by atoms with Crippen LogP contribution in [0.3, 0.4) is 0 Å². The lowest BCUT2D eigenvalue weighted by molar-refractivity contribution is -1.02. The number of amides is 1. The van der Waals surface area contributed by atoms with Crippen LogP contribution in [0.2, 0.25) is 0 Å². The van der Waals surface area contributed by atoms with Gasteiger partial charge in [0.25, 0.3) is 5.91 Å². The van der Waals surface area contributed by atoms with E-state index in [1.54, 1.807) is 4.90 Å². The molecule has 2 rings (SSSR count). The Morgan fingerprint density at radius 3 is 2.45 bits per heavy atom. The Bertz CT molecular complexity index is 493. The number of aryl methyl sites for hydroxylation is 1. The van der Waals surface area contributed by atoms with Crippen LogP contribution in [0.15, 0.2) is 24.3 Å². The molecule has 3 N–H and O–H groups in total. The summed E-state index contributed by atoms with van der Waals surface area (Å²) in [5, 5.41) is 3.03. The molecule has 0 aromatic heterocycles. The fourth-order valence-corrected chi connectivity index (χ4v) is 3.24. The van der Waals surface area contributed by atoms with Crippen molar-refractivity contribution >= 4 is 5.91 Å². The van der Waals surface area contributed by atoms with Crippen LogP contribution in [0.25, 0.3) is 0 Å². The number of hydrogen-bond donors (Lipinski definition) is 3. The van der Waals surface area contributed by atoms with Crippen molar-refractivity contribution in [2.75, 3.05) is 26.2 Å². The molecule has 122 valence electrons. The second-order valence-corrected chi connectivity index (χ2v) is 6.96. The van der Waals surface area contributed by atoms with E-state index >= 15 is 0 Å². The van der Waals surface area contributed by atoms with Gasteiger partial charge in [-0.25, -0.2) is 0 Å². The second-order valence-electron chi connectivity index (χ2n) is 6.96. The zero-order valence-electron chi connectivity index (χ0n) is 14.4. The van der Waals surface area contributed by atoms with Crippen LogP contribution in [-0.2, 0) is 11.3 Å². The molecule has 1 amide bonds. The predicted molar refractivity (Wildman–Crippen MR) is 89.0 cm³/mol. The number of rotatable bonds is 5. The van der Waals surface area contributed by atoms with Gasteiger partial charge >= 0.3 is 0 Å². The van der Waals surface area contributed by atoms with Gasteiger partial charge in [-0.2, -0.15) is 0 Å². The van der Waals surface area contributed by atoms with Crippen LogP contribution in [0.4, 0.5) is 0 Å². The Morgan fingerprint density at radius 1 is 1.18 bits per heavy atom. The average Bonchev–Trinajstić information content (AvgIpc) is 2.46. The molecule has 0 radical (unpaired) electrons. The van der Waals surface area contributed by atoms with Gasteiger partial charge in [0.2, 0.25) is 0 Å². The molecule has 1 aliphatic heterocycles. The molecule has 0 aliphatic carbocycles.